The van der Waals surface area contributed by atoms with Crippen LogP contribution in [0.5, 0.6) is 0 Å². The van der Waals surface area contributed by atoms with Gasteiger partial charge >= 0.3 is 6.18 Å². The van der Waals surface area contributed by atoms with E-state index in [1.54, 1.807) is 18.3 Å². The van der Waals surface area contributed by atoms with Gasteiger partial charge in [-0.15, -0.1) is 0 Å². The average Bonchev–Trinajstić information content (AvgIpc) is 2.85. The van der Waals surface area contributed by atoms with Crippen molar-refractivity contribution in [2.75, 3.05) is 40.8 Å². The molecule has 0 fully saturated rings. The Morgan fingerprint density at radius 2 is 1.81 bits per heavy atom. The molecule has 1 aromatic carbocycles. The number of nitrogens with one attached hydrogen (secondary N) is 2. The quantitative estimate of drug-likeness (QED) is 0.286. The number of rotatable bonds is 15. The zero-order valence-electron chi connectivity index (χ0n) is 22.2. The van der Waals surface area contributed by atoms with E-state index in [-0.39, 0.29) is 12.1 Å². The molecule has 0 radical (unpaired) electrons. The summed E-state index contributed by atoms with van der Waals surface area (Å²) >= 11 is 0. The van der Waals surface area contributed by atoms with E-state index < -0.39 is 11.7 Å². The molecule has 5 nitrogen and oxygen atoms in total. The fourth-order valence-corrected chi connectivity index (χ4v) is 4.35. The number of nitrogens with zero attached hydrogens (tertiary/aromatic N) is 2. The van der Waals surface area contributed by atoms with Crippen LogP contribution in [0.25, 0.3) is 12.2 Å². The Morgan fingerprint density at radius 1 is 1.14 bits per heavy atom. The van der Waals surface area contributed by atoms with Crippen LogP contribution in [0.3, 0.4) is 0 Å². The summed E-state index contributed by atoms with van der Waals surface area (Å²) < 4.78 is 40.0. The van der Waals surface area contributed by atoms with Gasteiger partial charge in [0.25, 0.3) is 0 Å². The molecule has 0 spiro atoms. The minimum Gasteiger partial charge on any atom is -0.380 e. The summed E-state index contributed by atoms with van der Waals surface area (Å²) in [6.45, 7) is 14.5. The minimum atomic E-state index is -4.37. The molecule has 4 N–H and O–H groups in total. The van der Waals surface area contributed by atoms with Crippen molar-refractivity contribution in [3.8, 4) is 0 Å². The van der Waals surface area contributed by atoms with Crippen LogP contribution in [0.2, 0.25) is 0 Å². The van der Waals surface area contributed by atoms with Crippen molar-refractivity contribution in [1.82, 2.24) is 15.6 Å². The molecule has 0 saturated carbocycles. The predicted octanol–water partition coefficient (Wildman–Crippen LogP) is 5.18. The SMILES string of the molecule is C=Cc1cc([C@@H](Cc2ccc(C(F)(F)F)cc2)NC(=C)C(CCC[N+](C)(C)CCN)NC)cnc1C=C. The topological polar surface area (TPSA) is 63.0 Å². The zero-order chi connectivity index (χ0) is 27.6. The van der Waals surface area contributed by atoms with Crippen LogP contribution < -0.4 is 16.4 Å². The molecule has 1 aromatic heterocycles. The second-order valence-corrected chi connectivity index (χ2v) is 9.93. The largest absolute Gasteiger partial charge is 0.416 e. The van der Waals surface area contributed by atoms with Gasteiger partial charge in [-0.1, -0.05) is 37.9 Å². The first kappa shape index (κ1) is 30.3. The Balaban J connectivity index is 2.26. The maximum Gasteiger partial charge on any atom is 0.416 e. The number of aromatic nitrogens is 1. The van der Waals surface area contributed by atoms with E-state index in [1.165, 1.54) is 12.1 Å². The molecule has 8 heteroatoms. The van der Waals surface area contributed by atoms with Crippen LogP contribution in [0, 0.1) is 0 Å². The first-order valence-corrected chi connectivity index (χ1v) is 12.5. The third-order valence-corrected chi connectivity index (χ3v) is 6.63. The highest BCUT2D eigenvalue weighted by atomic mass is 19.4. The van der Waals surface area contributed by atoms with E-state index in [4.69, 9.17) is 5.73 Å². The molecular formula is C29H41F3N5+. The number of pyridine rings is 1. The van der Waals surface area contributed by atoms with Crippen LogP contribution in [-0.2, 0) is 12.6 Å². The lowest BCUT2D eigenvalue weighted by molar-refractivity contribution is -0.889. The summed E-state index contributed by atoms with van der Waals surface area (Å²) in [6.07, 6.45) is 3.10. The van der Waals surface area contributed by atoms with Gasteiger partial charge in [0.15, 0.2) is 0 Å². The number of nitrogens with two attached hydrogens (primary N) is 1. The number of hydrogen-bond donors (Lipinski definition) is 3. The molecule has 2 aromatic rings. The minimum absolute atomic E-state index is 0.0206. The van der Waals surface area contributed by atoms with Crippen LogP contribution in [0.15, 0.2) is 62.0 Å². The monoisotopic (exact) mass is 516 g/mol. The highest BCUT2D eigenvalue weighted by Crippen LogP contribution is 2.30. The van der Waals surface area contributed by atoms with E-state index in [2.05, 4.69) is 49.4 Å². The molecule has 0 aliphatic rings. The van der Waals surface area contributed by atoms with Gasteiger partial charge in [0, 0.05) is 24.5 Å². The van der Waals surface area contributed by atoms with Gasteiger partial charge in [-0.3, -0.25) is 4.98 Å². The lowest BCUT2D eigenvalue weighted by atomic mass is 9.96. The molecular weight excluding hydrogens is 475 g/mol. The summed E-state index contributed by atoms with van der Waals surface area (Å²) in [7, 11) is 6.25. The van der Waals surface area contributed by atoms with Gasteiger partial charge in [0.05, 0.1) is 44.5 Å². The Hall–Kier alpha value is -2.94. The zero-order valence-corrected chi connectivity index (χ0v) is 22.2. The number of halogens is 3. The lowest BCUT2D eigenvalue weighted by Gasteiger charge is -2.31. The molecule has 1 unspecified atom stereocenters. The van der Waals surface area contributed by atoms with Gasteiger partial charge in [0.1, 0.15) is 0 Å². The number of hydrogen-bond acceptors (Lipinski definition) is 4. The summed E-state index contributed by atoms with van der Waals surface area (Å²) in [5.74, 6) is 0. The molecule has 37 heavy (non-hydrogen) atoms. The van der Waals surface area contributed by atoms with E-state index in [0.29, 0.717) is 13.0 Å². The summed E-state index contributed by atoms with van der Waals surface area (Å²) in [4.78, 5) is 4.51. The maximum absolute atomic E-state index is 13.1. The van der Waals surface area contributed by atoms with E-state index >= 15 is 0 Å². The molecule has 0 aliphatic carbocycles. The first-order chi connectivity index (χ1) is 17.4. The van der Waals surface area contributed by atoms with Crippen molar-refractivity contribution >= 4 is 12.2 Å². The average molecular weight is 517 g/mol. The van der Waals surface area contributed by atoms with Crippen LogP contribution in [-0.4, -0.2) is 56.3 Å². The third-order valence-electron chi connectivity index (χ3n) is 6.63. The number of benzene rings is 1. The van der Waals surface area contributed by atoms with Crippen molar-refractivity contribution in [3.63, 3.8) is 0 Å². The Morgan fingerprint density at radius 3 is 2.35 bits per heavy atom. The molecule has 0 amide bonds. The molecule has 1 heterocycles. The number of likely N-dealkylation sites (N-methyl/N-ethyl adjacent to an activating group) is 2. The Kier molecular flexibility index (Phi) is 11.1. The van der Waals surface area contributed by atoms with Crippen molar-refractivity contribution in [3.05, 3.63) is 89.9 Å². The molecule has 0 saturated heterocycles. The Labute approximate surface area is 219 Å². The van der Waals surface area contributed by atoms with Crippen molar-refractivity contribution < 1.29 is 17.7 Å². The van der Waals surface area contributed by atoms with E-state index in [9.17, 15) is 13.2 Å². The second-order valence-electron chi connectivity index (χ2n) is 9.93. The smallest absolute Gasteiger partial charge is 0.380 e. The van der Waals surface area contributed by atoms with Gasteiger partial charge in [0.2, 0.25) is 0 Å². The Bertz CT molecular complexity index is 1040. The summed E-state index contributed by atoms with van der Waals surface area (Å²) in [5.41, 5.74) is 9.10. The van der Waals surface area contributed by atoms with Gasteiger partial charge < -0.3 is 20.9 Å². The van der Waals surface area contributed by atoms with Gasteiger partial charge in [-0.05, 0) is 67.3 Å². The highest BCUT2D eigenvalue weighted by Gasteiger charge is 2.30. The fraction of sp³-hybridized carbons (Fsp3) is 0.414. The van der Waals surface area contributed by atoms with E-state index in [1.807, 2.05) is 13.1 Å². The molecule has 2 rings (SSSR count). The van der Waals surface area contributed by atoms with Crippen molar-refractivity contribution in [1.29, 1.82) is 0 Å². The normalized spacial score (nSPS) is 13.6. The summed E-state index contributed by atoms with van der Waals surface area (Å²) in [6, 6.07) is 7.02. The van der Waals surface area contributed by atoms with Crippen molar-refractivity contribution in [2.45, 2.75) is 37.5 Å². The number of alkyl halides is 3. The molecule has 0 bridgehead atoms. The fourth-order valence-electron chi connectivity index (χ4n) is 4.35. The molecule has 0 aliphatic heterocycles. The predicted molar refractivity (Wildman–Crippen MR) is 148 cm³/mol. The van der Waals surface area contributed by atoms with E-state index in [0.717, 1.165) is 70.6 Å². The van der Waals surface area contributed by atoms with Crippen LogP contribution in [0.1, 0.15) is 46.8 Å². The third kappa shape index (κ3) is 9.14. The standard InChI is InChI=1S/C29H41F3N5/c1-7-23-19-24(20-35-26(23)8-2)28(18-22-11-13-25(14-12-22)29(30,31)32)36-21(3)27(34-4)10-9-16-37(5,6)17-15-33/h7-8,11-14,19-20,27-28,34,36H,1-3,9-10,15-18,33H2,4-6H3/q+1/t27?,28-/m1/s1. The number of quaternary nitrogens is 1. The summed E-state index contributed by atoms with van der Waals surface area (Å²) in [5, 5.41) is 6.88. The highest BCUT2D eigenvalue weighted by molar-refractivity contribution is 5.61. The van der Waals surface area contributed by atoms with Crippen LogP contribution >= 0.6 is 0 Å². The van der Waals surface area contributed by atoms with Crippen molar-refractivity contribution in [2.24, 2.45) is 5.73 Å². The lowest BCUT2D eigenvalue weighted by Crippen LogP contribution is -2.45. The second kappa shape index (κ2) is 13.6. The maximum atomic E-state index is 13.1. The molecule has 2 atom stereocenters. The van der Waals surface area contributed by atoms with Gasteiger partial charge in [-0.2, -0.15) is 13.2 Å². The van der Waals surface area contributed by atoms with Gasteiger partial charge in [-0.25, -0.2) is 0 Å². The molecule has 202 valence electrons. The van der Waals surface area contributed by atoms with Crippen LogP contribution in [0.4, 0.5) is 13.2 Å². The first-order valence-electron chi connectivity index (χ1n) is 12.5.